The molecule has 0 aliphatic heterocycles. The van der Waals surface area contributed by atoms with Gasteiger partial charge in [0.05, 0.1) is 0 Å². The van der Waals surface area contributed by atoms with E-state index in [1.165, 1.54) is 76.5 Å². The van der Waals surface area contributed by atoms with Crippen LogP contribution in [-0.4, -0.2) is 0 Å². The van der Waals surface area contributed by atoms with E-state index in [4.69, 9.17) is 0 Å². The number of allylic oxidation sites excluding steroid dienone is 4. The third kappa shape index (κ3) is 4.62. The second-order valence-corrected chi connectivity index (χ2v) is 10.8. The molecule has 0 nitrogen and oxygen atoms in total. The average Bonchev–Trinajstić information content (AvgIpc) is 3.04. The van der Waals surface area contributed by atoms with Crippen molar-refractivity contribution < 1.29 is 0 Å². The van der Waals surface area contributed by atoms with Gasteiger partial charge in [-0.1, -0.05) is 122 Å². The van der Waals surface area contributed by atoms with Gasteiger partial charge in [-0.25, -0.2) is 0 Å². The lowest BCUT2D eigenvalue weighted by molar-refractivity contribution is 1.22. The van der Waals surface area contributed by atoms with Crippen molar-refractivity contribution in [3.63, 3.8) is 0 Å². The van der Waals surface area contributed by atoms with Crippen LogP contribution in [0.2, 0.25) is 0 Å². The molecule has 0 aromatic heterocycles. The van der Waals surface area contributed by atoms with Gasteiger partial charge >= 0.3 is 0 Å². The largest absolute Gasteiger partial charge is 0.0842 e. The smallest absolute Gasteiger partial charge is 0.00988 e. The molecule has 196 valence electrons. The highest BCUT2D eigenvalue weighted by Crippen LogP contribution is 2.37. The van der Waals surface area contributed by atoms with Crippen LogP contribution in [0, 0.1) is 0 Å². The highest BCUT2D eigenvalue weighted by atomic mass is 14.1. The summed E-state index contributed by atoms with van der Waals surface area (Å²) in [5, 5.41) is 10.2. The fourth-order valence-electron chi connectivity index (χ4n) is 6.09. The Bertz CT molecular complexity index is 2140. The molecule has 0 bridgehead atoms. The normalized spacial score (nSPS) is 12.3. The zero-order valence-corrected chi connectivity index (χ0v) is 23.6. The number of benzene rings is 7. The molecule has 0 saturated carbocycles. The molecule has 0 spiro atoms. The van der Waals surface area contributed by atoms with E-state index in [1.807, 2.05) is 0 Å². The minimum Gasteiger partial charge on any atom is -0.0842 e. The average molecular weight is 525 g/mol. The Morgan fingerprint density at radius 2 is 1.07 bits per heavy atom. The highest BCUT2D eigenvalue weighted by molar-refractivity contribution is 6.14. The third-order valence-corrected chi connectivity index (χ3v) is 8.27. The first-order valence-electron chi connectivity index (χ1n) is 14.5. The minimum absolute atomic E-state index is 1.04. The fourth-order valence-corrected chi connectivity index (χ4v) is 6.09. The lowest BCUT2D eigenvalue weighted by Gasteiger charge is -2.12. The molecule has 0 saturated heterocycles. The molecule has 0 fully saturated rings. The Hall–Kier alpha value is -4.94. The van der Waals surface area contributed by atoms with E-state index in [2.05, 4.69) is 159 Å². The quantitative estimate of drug-likeness (QED) is 0.155. The van der Waals surface area contributed by atoms with Crippen LogP contribution in [0.3, 0.4) is 0 Å². The SMILES string of the molecule is C/C=C(\C=C/CC)c1ccc2cc(-c3ccc4cc(-c5cc6ccccc6c6ccccc56)ccc4c3)ccc2c1. The summed E-state index contributed by atoms with van der Waals surface area (Å²) >= 11 is 0. The molecule has 0 atom stereocenters. The minimum atomic E-state index is 1.04. The summed E-state index contributed by atoms with van der Waals surface area (Å²) in [5.41, 5.74) is 7.55. The molecule has 0 amide bonds. The Balaban J connectivity index is 1.26. The van der Waals surface area contributed by atoms with E-state index < -0.39 is 0 Å². The predicted octanol–water partition coefficient (Wildman–Crippen LogP) is 12.0. The van der Waals surface area contributed by atoms with Gasteiger partial charge in [-0.2, -0.15) is 0 Å². The topological polar surface area (TPSA) is 0 Å². The second-order valence-electron chi connectivity index (χ2n) is 10.8. The van der Waals surface area contributed by atoms with E-state index in [0.29, 0.717) is 0 Å². The van der Waals surface area contributed by atoms with Crippen LogP contribution in [0.15, 0.2) is 146 Å². The Kier molecular flexibility index (Phi) is 6.45. The molecule has 0 heteroatoms. The van der Waals surface area contributed by atoms with E-state index in [-0.39, 0.29) is 0 Å². The van der Waals surface area contributed by atoms with E-state index >= 15 is 0 Å². The van der Waals surface area contributed by atoms with Crippen LogP contribution < -0.4 is 0 Å². The Labute approximate surface area is 241 Å². The predicted molar refractivity (Wildman–Crippen MR) is 180 cm³/mol. The maximum absolute atomic E-state index is 2.34. The monoisotopic (exact) mass is 524 g/mol. The van der Waals surface area contributed by atoms with Crippen molar-refractivity contribution in [2.75, 3.05) is 0 Å². The molecule has 7 aromatic carbocycles. The van der Waals surface area contributed by atoms with Crippen molar-refractivity contribution in [3.05, 3.63) is 151 Å². The Morgan fingerprint density at radius 3 is 1.76 bits per heavy atom. The summed E-state index contributed by atoms with van der Waals surface area (Å²) in [6.07, 6.45) is 7.67. The molecule has 7 rings (SSSR count). The second kappa shape index (κ2) is 10.6. The van der Waals surface area contributed by atoms with Crippen molar-refractivity contribution in [2.45, 2.75) is 20.3 Å². The first kappa shape index (κ1) is 25.1. The van der Waals surface area contributed by atoms with Crippen molar-refractivity contribution in [1.29, 1.82) is 0 Å². The van der Waals surface area contributed by atoms with E-state index in [0.717, 1.165) is 6.42 Å². The molecular weight excluding hydrogens is 492 g/mol. The van der Waals surface area contributed by atoms with Gasteiger partial charge < -0.3 is 0 Å². The lowest BCUT2D eigenvalue weighted by Crippen LogP contribution is -1.86. The first-order chi connectivity index (χ1) is 20.2. The standard InChI is InChI=1S/C41H32/c1-3-5-10-28(4-2)29-15-16-31-24-32(18-17-30(31)23-29)33-19-20-35-26-37(22-21-34(35)25-33)41-27-36-11-6-7-12-38(36)39-13-8-9-14-40(39)41/h4-27H,3H2,1-2H3/b10-5-,28-4+. The molecule has 0 heterocycles. The van der Waals surface area contributed by atoms with E-state index in [9.17, 15) is 0 Å². The maximum atomic E-state index is 2.34. The van der Waals surface area contributed by atoms with Crippen molar-refractivity contribution in [3.8, 4) is 22.3 Å². The van der Waals surface area contributed by atoms with Crippen molar-refractivity contribution in [2.24, 2.45) is 0 Å². The van der Waals surface area contributed by atoms with Gasteiger partial charge in [0.15, 0.2) is 0 Å². The highest BCUT2D eigenvalue weighted by Gasteiger charge is 2.10. The van der Waals surface area contributed by atoms with Crippen LogP contribution in [-0.2, 0) is 0 Å². The van der Waals surface area contributed by atoms with Crippen LogP contribution in [0.25, 0.3) is 70.9 Å². The fraction of sp³-hybridized carbons (Fsp3) is 0.0732. The van der Waals surface area contributed by atoms with Crippen LogP contribution in [0.5, 0.6) is 0 Å². The van der Waals surface area contributed by atoms with Crippen LogP contribution in [0.4, 0.5) is 0 Å². The molecule has 0 N–H and O–H groups in total. The molecule has 0 aliphatic carbocycles. The zero-order valence-electron chi connectivity index (χ0n) is 23.6. The number of rotatable bonds is 5. The van der Waals surface area contributed by atoms with Gasteiger partial charge in [0.2, 0.25) is 0 Å². The number of fused-ring (bicyclic) bond motifs is 5. The number of hydrogen-bond acceptors (Lipinski definition) is 0. The van der Waals surface area contributed by atoms with Crippen molar-refractivity contribution in [1.82, 2.24) is 0 Å². The lowest BCUT2D eigenvalue weighted by atomic mass is 9.91. The zero-order chi connectivity index (χ0) is 27.8. The van der Waals surface area contributed by atoms with Gasteiger partial charge in [0, 0.05) is 0 Å². The molecule has 41 heavy (non-hydrogen) atoms. The molecule has 0 aliphatic rings. The number of hydrogen-bond donors (Lipinski definition) is 0. The molecule has 0 radical (unpaired) electrons. The summed E-state index contributed by atoms with van der Waals surface area (Å²) in [4.78, 5) is 0. The van der Waals surface area contributed by atoms with Gasteiger partial charge in [-0.3, -0.25) is 0 Å². The third-order valence-electron chi connectivity index (χ3n) is 8.27. The first-order valence-corrected chi connectivity index (χ1v) is 14.5. The summed E-state index contributed by atoms with van der Waals surface area (Å²) in [6, 6.07) is 47.1. The van der Waals surface area contributed by atoms with Crippen LogP contribution >= 0.6 is 0 Å². The molecule has 7 aromatic rings. The van der Waals surface area contributed by atoms with E-state index in [1.54, 1.807) is 0 Å². The van der Waals surface area contributed by atoms with Gasteiger partial charge in [-0.05, 0) is 120 Å². The summed E-state index contributed by atoms with van der Waals surface area (Å²) < 4.78 is 0. The van der Waals surface area contributed by atoms with Gasteiger partial charge in [0.25, 0.3) is 0 Å². The van der Waals surface area contributed by atoms with Gasteiger partial charge in [0.1, 0.15) is 0 Å². The summed E-state index contributed by atoms with van der Waals surface area (Å²) in [5.74, 6) is 0. The maximum Gasteiger partial charge on any atom is -0.00988 e. The molecular formula is C41H32. The Morgan fingerprint density at radius 1 is 0.512 bits per heavy atom. The summed E-state index contributed by atoms with van der Waals surface area (Å²) in [6.45, 7) is 4.28. The molecule has 0 unspecified atom stereocenters. The van der Waals surface area contributed by atoms with Crippen molar-refractivity contribution >= 4 is 48.7 Å². The van der Waals surface area contributed by atoms with Crippen LogP contribution in [0.1, 0.15) is 25.8 Å². The summed E-state index contributed by atoms with van der Waals surface area (Å²) in [7, 11) is 0. The van der Waals surface area contributed by atoms with Gasteiger partial charge in [-0.15, -0.1) is 0 Å².